The summed E-state index contributed by atoms with van der Waals surface area (Å²) in [6.45, 7) is 4.54. The Hall–Kier alpha value is -1.76. The van der Waals surface area contributed by atoms with Crippen LogP contribution in [0.2, 0.25) is 0 Å². The van der Waals surface area contributed by atoms with Gasteiger partial charge in [0.25, 0.3) is 0 Å². The van der Waals surface area contributed by atoms with Crippen LogP contribution < -0.4 is 0 Å². The Kier molecular flexibility index (Phi) is 4.04. The van der Waals surface area contributed by atoms with Gasteiger partial charge in [0.15, 0.2) is 0 Å². The standard InChI is InChI=1S/C19H23N3O3/c1-2-13(12-22-6-8-23-9-7-22)10-14(3-1)18-20-19(25-21-18)16-11-15-4-5-17(16)24-15/h1-3,10,15-17H,4-9,11-12H2/t15-,16-,17-/m1/s1. The molecule has 0 radical (unpaired) electrons. The number of ether oxygens (including phenoxy) is 2. The molecule has 1 aromatic carbocycles. The summed E-state index contributed by atoms with van der Waals surface area (Å²) in [7, 11) is 0. The second-order valence-electron chi connectivity index (χ2n) is 7.26. The lowest BCUT2D eigenvalue weighted by Crippen LogP contribution is -2.35. The van der Waals surface area contributed by atoms with Gasteiger partial charge in [0.2, 0.25) is 11.7 Å². The van der Waals surface area contributed by atoms with Crippen LogP contribution in [0.5, 0.6) is 0 Å². The molecule has 6 nitrogen and oxygen atoms in total. The molecule has 0 unspecified atom stereocenters. The van der Waals surface area contributed by atoms with Crippen LogP contribution in [0.1, 0.15) is 36.6 Å². The molecule has 5 rings (SSSR count). The van der Waals surface area contributed by atoms with Crippen molar-refractivity contribution in [3.63, 3.8) is 0 Å². The topological polar surface area (TPSA) is 60.6 Å². The molecule has 2 aromatic rings. The van der Waals surface area contributed by atoms with Gasteiger partial charge in [-0.25, -0.2) is 0 Å². The van der Waals surface area contributed by atoms with E-state index in [4.69, 9.17) is 14.0 Å². The van der Waals surface area contributed by atoms with Crippen molar-refractivity contribution in [1.82, 2.24) is 15.0 Å². The SMILES string of the molecule is c1cc(CN2CCOCC2)cc(-c2noc([C@@H]3C[C@H]4CC[C@H]3O4)n2)c1. The van der Waals surface area contributed by atoms with E-state index in [1.54, 1.807) is 0 Å². The molecule has 3 fully saturated rings. The van der Waals surface area contributed by atoms with E-state index in [2.05, 4.69) is 39.3 Å². The molecule has 0 N–H and O–H groups in total. The number of fused-ring (bicyclic) bond motifs is 2. The zero-order valence-electron chi connectivity index (χ0n) is 14.3. The quantitative estimate of drug-likeness (QED) is 0.852. The summed E-state index contributed by atoms with van der Waals surface area (Å²) in [5.74, 6) is 1.69. The van der Waals surface area contributed by atoms with E-state index >= 15 is 0 Å². The van der Waals surface area contributed by atoms with Crippen LogP contribution in [0.25, 0.3) is 11.4 Å². The Morgan fingerprint density at radius 3 is 2.88 bits per heavy atom. The molecule has 3 aliphatic rings. The van der Waals surface area contributed by atoms with Crippen molar-refractivity contribution in [3.8, 4) is 11.4 Å². The van der Waals surface area contributed by atoms with Crippen LogP contribution in [0, 0.1) is 0 Å². The molecule has 0 aliphatic carbocycles. The van der Waals surface area contributed by atoms with E-state index in [1.165, 1.54) is 12.0 Å². The number of hydrogen-bond acceptors (Lipinski definition) is 6. The highest BCUT2D eigenvalue weighted by molar-refractivity contribution is 5.55. The number of hydrogen-bond donors (Lipinski definition) is 0. The zero-order valence-corrected chi connectivity index (χ0v) is 14.3. The van der Waals surface area contributed by atoms with Crippen LogP contribution in [0.4, 0.5) is 0 Å². The monoisotopic (exact) mass is 341 g/mol. The van der Waals surface area contributed by atoms with Crippen LogP contribution in [-0.4, -0.2) is 53.6 Å². The van der Waals surface area contributed by atoms with Gasteiger partial charge >= 0.3 is 0 Å². The lowest BCUT2D eigenvalue weighted by molar-refractivity contribution is 0.0342. The maximum atomic E-state index is 5.91. The van der Waals surface area contributed by atoms with Crippen LogP contribution in [-0.2, 0) is 16.0 Å². The van der Waals surface area contributed by atoms with Crippen molar-refractivity contribution in [2.75, 3.05) is 26.3 Å². The Bertz CT molecular complexity index is 741. The molecule has 3 saturated heterocycles. The molecule has 0 saturated carbocycles. The molecular weight excluding hydrogens is 318 g/mol. The van der Waals surface area contributed by atoms with E-state index in [0.29, 0.717) is 11.9 Å². The highest BCUT2D eigenvalue weighted by Gasteiger charge is 2.44. The third-order valence-corrected chi connectivity index (χ3v) is 5.56. The molecule has 0 spiro atoms. The highest BCUT2D eigenvalue weighted by Crippen LogP contribution is 2.44. The number of nitrogens with zero attached hydrogens (tertiary/aromatic N) is 3. The zero-order chi connectivity index (χ0) is 16.6. The third-order valence-electron chi connectivity index (χ3n) is 5.56. The van der Waals surface area contributed by atoms with Crippen molar-refractivity contribution in [3.05, 3.63) is 35.7 Å². The van der Waals surface area contributed by atoms with E-state index in [0.717, 1.165) is 57.1 Å². The maximum Gasteiger partial charge on any atom is 0.232 e. The first-order valence-corrected chi connectivity index (χ1v) is 9.23. The summed E-state index contributed by atoms with van der Waals surface area (Å²) >= 11 is 0. The molecule has 132 valence electrons. The number of morpholine rings is 1. The molecule has 3 aliphatic heterocycles. The predicted octanol–water partition coefficient (Wildman–Crippen LogP) is 2.60. The smallest absolute Gasteiger partial charge is 0.232 e. The molecule has 1 aromatic heterocycles. The predicted molar refractivity (Wildman–Crippen MR) is 91.1 cm³/mol. The maximum absolute atomic E-state index is 5.91. The van der Waals surface area contributed by atoms with Crippen molar-refractivity contribution in [2.45, 2.75) is 43.9 Å². The van der Waals surface area contributed by atoms with Gasteiger partial charge in [-0.15, -0.1) is 0 Å². The summed E-state index contributed by atoms with van der Waals surface area (Å²) < 4.78 is 16.9. The number of rotatable bonds is 4. The average molecular weight is 341 g/mol. The molecule has 3 atom stereocenters. The fourth-order valence-corrected chi connectivity index (χ4v) is 4.23. The van der Waals surface area contributed by atoms with Gasteiger partial charge in [0, 0.05) is 25.2 Å². The number of benzene rings is 1. The average Bonchev–Trinajstić information content (AvgIpc) is 3.39. The van der Waals surface area contributed by atoms with E-state index in [-0.39, 0.29) is 12.0 Å². The lowest BCUT2D eigenvalue weighted by atomic mass is 9.89. The van der Waals surface area contributed by atoms with Gasteiger partial charge in [-0.3, -0.25) is 4.90 Å². The fraction of sp³-hybridized carbons (Fsp3) is 0.579. The summed E-state index contributed by atoms with van der Waals surface area (Å²) in [5.41, 5.74) is 2.29. The van der Waals surface area contributed by atoms with Crippen molar-refractivity contribution < 1.29 is 14.0 Å². The van der Waals surface area contributed by atoms with Crippen LogP contribution in [0.3, 0.4) is 0 Å². The molecule has 4 heterocycles. The number of aromatic nitrogens is 2. The van der Waals surface area contributed by atoms with Gasteiger partial charge in [-0.2, -0.15) is 4.98 Å². The van der Waals surface area contributed by atoms with Crippen LogP contribution in [0.15, 0.2) is 28.8 Å². The van der Waals surface area contributed by atoms with Crippen LogP contribution >= 0.6 is 0 Å². The molecular formula is C19H23N3O3. The van der Waals surface area contributed by atoms with E-state index in [9.17, 15) is 0 Å². The fourth-order valence-electron chi connectivity index (χ4n) is 4.23. The Labute approximate surface area is 147 Å². The Morgan fingerprint density at radius 2 is 2.08 bits per heavy atom. The van der Waals surface area contributed by atoms with Crippen molar-refractivity contribution in [1.29, 1.82) is 0 Å². The van der Waals surface area contributed by atoms with Gasteiger partial charge in [-0.05, 0) is 30.9 Å². The minimum absolute atomic E-state index is 0.269. The summed E-state index contributed by atoms with van der Waals surface area (Å²) in [4.78, 5) is 7.09. The normalized spacial score (nSPS) is 29.4. The molecule has 0 amide bonds. The third kappa shape index (κ3) is 3.10. The second-order valence-corrected chi connectivity index (χ2v) is 7.26. The Morgan fingerprint density at radius 1 is 1.16 bits per heavy atom. The molecule has 25 heavy (non-hydrogen) atoms. The highest BCUT2D eigenvalue weighted by atomic mass is 16.5. The van der Waals surface area contributed by atoms with Gasteiger partial charge in [0.1, 0.15) is 0 Å². The first-order valence-electron chi connectivity index (χ1n) is 9.23. The van der Waals surface area contributed by atoms with E-state index < -0.39 is 0 Å². The summed E-state index contributed by atoms with van der Waals surface area (Å²) in [6.07, 6.45) is 3.96. The molecule has 6 heteroatoms. The van der Waals surface area contributed by atoms with Gasteiger partial charge < -0.3 is 14.0 Å². The summed E-state index contributed by atoms with van der Waals surface area (Å²) in [5, 5.41) is 4.23. The largest absolute Gasteiger partial charge is 0.379 e. The minimum Gasteiger partial charge on any atom is -0.379 e. The lowest BCUT2D eigenvalue weighted by Gasteiger charge is -2.26. The van der Waals surface area contributed by atoms with Gasteiger partial charge in [0.05, 0.1) is 31.3 Å². The minimum atomic E-state index is 0.269. The molecule has 2 bridgehead atoms. The first-order chi connectivity index (χ1) is 12.3. The van der Waals surface area contributed by atoms with Gasteiger partial charge in [-0.1, -0.05) is 23.4 Å². The second kappa shape index (κ2) is 6.52. The first kappa shape index (κ1) is 15.5. The summed E-state index contributed by atoms with van der Waals surface area (Å²) in [6, 6.07) is 8.45. The Balaban J connectivity index is 1.32. The van der Waals surface area contributed by atoms with E-state index in [1.807, 2.05) is 0 Å². The van der Waals surface area contributed by atoms with Crippen molar-refractivity contribution in [2.24, 2.45) is 0 Å². The van der Waals surface area contributed by atoms with Crippen molar-refractivity contribution >= 4 is 0 Å².